The second-order valence-corrected chi connectivity index (χ2v) is 27.6. The molecule has 0 spiro atoms. The predicted octanol–water partition coefficient (Wildman–Crippen LogP) is 15.7. The minimum atomic E-state index is -3.61. The van der Waals surface area contributed by atoms with Crippen molar-refractivity contribution in [3.05, 3.63) is 308 Å². The van der Waals surface area contributed by atoms with Gasteiger partial charge in [-0.05, 0) is 127 Å². The van der Waals surface area contributed by atoms with Gasteiger partial charge in [-0.3, -0.25) is 43.5 Å². The Kier molecular flexibility index (Phi) is 37.9. The fourth-order valence-corrected chi connectivity index (χ4v) is 11.3. The Morgan fingerprint density at radius 1 is 0.404 bits per heavy atom. The van der Waals surface area contributed by atoms with Crippen molar-refractivity contribution < 1.29 is 96.9 Å². The van der Waals surface area contributed by atoms with Crippen LogP contribution in [0.2, 0.25) is 0 Å². The number of rotatable bonds is 25. The van der Waals surface area contributed by atoms with E-state index in [1.165, 1.54) is 42.5 Å². The molecule has 0 aliphatic heterocycles. The second kappa shape index (κ2) is 45.7. The van der Waals surface area contributed by atoms with Crippen molar-refractivity contribution in [1.82, 2.24) is 0 Å². The van der Waals surface area contributed by atoms with Crippen molar-refractivity contribution in [2.24, 2.45) is 0 Å². The Balaban J connectivity index is 0.000000283. The first-order valence-corrected chi connectivity index (χ1v) is 38.1. The molecule has 0 fully saturated rings. The highest BCUT2D eigenvalue weighted by Crippen LogP contribution is 2.34. The number of ether oxygens (including phenoxy) is 5. The molecule has 0 saturated heterocycles. The number of benzene rings is 9. The molecule has 0 heterocycles. The van der Waals surface area contributed by atoms with Gasteiger partial charge in [-0.2, -0.15) is 4.39 Å². The van der Waals surface area contributed by atoms with E-state index in [1.54, 1.807) is 138 Å². The number of alkyl halides is 3. The minimum Gasteiger partial charge on any atom is -0.481 e. The molecule has 9 aromatic carbocycles. The van der Waals surface area contributed by atoms with Gasteiger partial charge in [0.15, 0.2) is 5.38 Å². The zero-order valence-corrected chi connectivity index (χ0v) is 63.6. The first-order chi connectivity index (χ1) is 51.7. The highest BCUT2D eigenvalue weighted by atomic mass is 35.5. The van der Waals surface area contributed by atoms with Crippen LogP contribution in [-0.4, -0.2) is 113 Å². The van der Waals surface area contributed by atoms with Gasteiger partial charge in [-0.15, -0.1) is 11.6 Å². The fourth-order valence-electron chi connectivity index (χ4n) is 9.87. The Hall–Kier alpha value is -10.9. The molecule has 0 aliphatic carbocycles. The van der Waals surface area contributed by atoms with Crippen molar-refractivity contribution in [3.63, 3.8) is 0 Å². The van der Waals surface area contributed by atoms with E-state index in [1.807, 2.05) is 59.3 Å². The number of carboxylic acid groups (broad SMARTS) is 1. The Bertz CT molecular complexity index is 4690. The molecular formula is C78H79Cl3F4N4O18S2. The number of hydrogen-bond acceptors (Lipinski definition) is 18. The van der Waals surface area contributed by atoms with E-state index in [4.69, 9.17) is 59.5 Å². The van der Waals surface area contributed by atoms with Crippen LogP contribution in [0, 0.1) is 33.4 Å². The van der Waals surface area contributed by atoms with Crippen LogP contribution in [-0.2, 0) is 72.5 Å². The average Bonchev–Trinajstić information content (AvgIpc) is 0.827. The van der Waals surface area contributed by atoms with Crippen LogP contribution in [0.25, 0.3) is 0 Å². The number of carbonyl (C=O) groups excluding carboxylic acids is 5. The van der Waals surface area contributed by atoms with Gasteiger partial charge in [0.2, 0.25) is 30.7 Å². The van der Waals surface area contributed by atoms with Gasteiger partial charge in [-0.25, -0.2) is 34.8 Å². The van der Waals surface area contributed by atoms with E-state index < -0.39 is 124 Å². The van der Waals surface area contributed by atoms with Crippen molar-refractivity contribution in [3.8, 4) is 0 Å². The molecule has 580 valence electrons. The van der Waals surface area contributed by atoms with Crippen LogP contribution in [0.15, 0.2) is 224 Å². The molecule has 0 aliphatic rings. The lowest BCUT2D eigenvalue weighted by Gasteiger charge is -2.17. The largest absolute Gasteiger partial charge is 0.481 e. The fraction of sp³-hybridized carbons (Fsp3) is 0.231. The van der Waals surface area contributed by atoms with Gasteiger partial charge in [0, 0.05) is 6.07 Å². The maximum absolute atomic E-state index is 14.2. The Morgan fingerprint density at radius 2 is 0.679 bits per heavy atom. The van der Waals surface area contributed by atoms with Crippen LogP contribution in [0.1, 0.15) is 114 Å². The third kappa shape index (κ3) is 30.3. The number of anilines is 3. The summed E-state index contributed by atoms with van der Waals surface area (Å²) in [6.07, 6.45) is 1.84. The number of carbonyl (C=O) groups is 6. The lowest BCUT2D eigenvalue weighted by molar-refractivity contribution is -0.387. The molecule has 5 N–H and O–H groups in total. The van der Waals surface area contributed by atoms with E-state index in [2.05, 4.69) is 9.46 Å². The van der Waals surface area contributed by atoms with Gasteiger partial charge >= 0.3 is 41.5 Å². The number of halogens is 7. The number of nitro benzene ring substituents is 1. The summed E-state index contributed by atoms with van der Waals surface area (Å²) in [5.74, 6) is -9.90. The molecule has 9 aromatic rings. The molecule has 9 rings (SSSR count). The highest BCUT2D eigenvalue weighted by molar-refractivity contribution is 7.92. The summed E-state index contributed by atoms with van der Waals surface area (Å²) in [4.78, 5) is 78.4. The summed E-state index contributed by atoms with van der Waals surface area (Å²) < 4.78 is 129. The standard InChI is InChI=1S/C17H18FNO4S.C16H14FNO4.C16H16FNO2.C15H14FNO4S.C10H11ClO2.C4H6Cl2O2/c1-3-23-17(20)16(12-7-5-4-6-8-12)13-9-10-15(14(18)11-13)19-24(2,21)22;1-2-22-16(19)15(11-6-4-3-5-7-11)12-8-9-14(18(20)21)13(17)10-12;1-2-20-16(19)15(11-6-4-3-5-7-11)12-8-9-14(18)13(17)10-12;1-22(20,21)17-13-8-7-11(9-12(13)16)14(15(18)19)10-5-3-2-4-6-10;1-2-13-10(12)9(11)8-6-4-3-5-7-8;1-2-8-4(7)3(5)6/h4-11,16,19H,3H2,1-2H3;3-10,15H,2H2,1H3;3-10,15H,2,18H2,1H3;2-9,14,17H,1H3,(H,18,19);3-7,9H,2H2,1H3;3H,2H2,1H3. The maximum atomic E-state index is 14.2. The highest BCUT2D eigenvalue weighted by Gasteiger charge is 2.30. The third-order valence-electron chi connectivity index (χ3n) is 14.5. The lowest BCUT2D eigenvalue weighted by atomic mass is 9.91. The predicted molar refractivity (Wildman–Crippen MR) is 408 cm³/mol. The third-order valence-corrected chi connectivity index (χ3v) is 16.5. The zero-order chi connectivity index (χ0) is 81.0. The van der Waals surface area contributed by atoms with E-state index >= 15 is 0 Å². The van der Waals surface area contributed by atoms with Crippen LogP contribution in [0.3, 0.4) is 0 Å². The van der Waals surface area contributed by atoms with Crippen LogP contribution >= 0.6 is 34.8 Å². The normalized spacial score (nSPS) is 12.0. The molecule has 0 saturated carbocycles. The van der Waals surface area contributed by atoms with Crippen molar-refractivity contribution >= 4 is 113 Å². The second-order valence-electron chi connectivity index (χ2n) is 22.5. The number of sulfonamides is 2. The molecule has 5 atom stereocenters. The number of carboxylic acids is 1. The molecule has 0 bridgehead atoms. The van der Waals surface area contributed by atoms with E-state index in [9.17, 15) is 78.4 Å². The summed E-state index contributed by atoms with van der Waals surface area (Å²) in [5, 5.41) is 19.4. The summed E-state index contributed by atoms with van der Waals surface area (Å²) in [7, 11) is -7.20. The summed E-state index contributed by atoms with van der Waals surface area (Å²) in [5.41, 5.74) is 9.31. The quantitative estimate of drug-likeness (QED) is 0.00785. The van der Waals surface area contributed by atoms with Gasteiger partial charge in [0.25, 0.3) is 0 Å². The van der Waals surface area contributed by atoms with E-state index in [-0.39, 0.29) is 42.4 Å². The van der Waals surface area contributed by atoms with Crippen LogP contribution in [0.4, 0.5) is 40.3 Å². The molecule has 0 aromatic heterocycles. The zero-order valence-electron chi connectivity index (χ0n) is 59.7. The summed E-state index contributed by atoms with van der Waals surface area (Å²) in [6, 6.07) is 59.7. The minimum absolute atomic E-state index is 0.0596. The Morgan fingerprint density at radius 3 is 0.954 bits per heavy atom. The van der Waals surface area contributed by atoms with E-state index in [0.29, 0.717) is 46.6 Å². The first kappa shape index (κ1) is 90.5. The molecule has 0 amide bonds. The van der Waals surface area contributed by atoms with Crippen LogP contribution < -0.4 is 15.2 Å². The first-order valence-electron chi connectivity index (χ1n) is 33.0. The number of esters is 5. The molecule has 5 unspecified atom stereocenters. The number of nitrogens with one attached hydrogen (secondary N) is 2. The lowest BCUT2D eigenvalue weighted by Crippen LogP contribution is -2.18. The number of nitrogens with two attached hydrogens (primary N) is 1. The molecule has 0 radical (unpaired) electrons. The molecule has 109 heavy (non-hydrogen) atoms. The Labute approximate surface area is 643 Å². The van der Waals surface area contributed by atoms with Crippen molar-refractivity contribution in [2.45, 2.75) is 68.5 Å². The molecule has 31 heteroatoms. The van der Waals surface area contributed by atoms with Gasteiger partial charge in [0.1, 0.15) is 41.1 Å². The SMILES string of the molecule is CCOC(=O)C(Cl)Cl.CCOC(=O)C(Cl)c1ccccc1.CCOC(=O)C(c1ccccc1)c1ccc(N)c(F)c1.CCOC(=O)C(c1ccccc1)c1ccc(NS(C)(=O)=O)c(F)c1.CCOC(=O)C(c1ccccc1)c1ccc([N+](=O)[O-])c(F)c1.CS(=O)(=O)Nc1ccc(C(C(=O)O)c2ccccc2)cc1F. The summed E-state index contributed by atoms with van der Waals surface area (Å²) in [6.45, 7) is 9.90. The number of nitrogen functional groups attached to an aromatic ring is 1. The number of hydrogen-bond donors (Lipinski definition) is 4. The average molecular weight is 1610 g/mol. The summed E-state index contributed by atoms with van der Waals surface area (Å²) >= 11 is 16.1. The van der Waals surface area contributed by atoms with Crippen molar-refractivity contribution in [1.29, 1.82) is 0 Å². The smallest absolute Gasteiger partial charge is 0.339 e. The topological polar surface area (TPSA) is 330 Å². The number of nitrogens with zero attached hydrogens (tertiary/aromatic N) is 1. The van der Waals surface area contributed by atoms with Gasteiger partial charge in [0.05, 0.1) is 67.5 Å². The van der Waals surface area contributed by atoms with Gasteiger partial charge in [-0.1, -0.05) is 199 Å². The van der Waals surface area contributed by atoms with Crippen molar-refractivity contribution in [2.75, 3.05) is 60.7 Å². The molecular weight excluding hydrogens is 1530 g/mol. The van der Waals surface area contributed by atoms with E-state index in [0.717, 1.165) is 47.9 Å². The van der Waals surface area contributed by atoms with Gasteiger partial charge < -0.3 is 34.5 Å². The molecule has 22 nitrogen and oxygen atoms in total. The number of aliphatic carboxylic acids is 1. The number of nitro groups is 1. The maximum Gasteiger partial charge on any atom is 0.339 e. The monoisotopic (exact) mass is 1600 g/mol. The van der Waals surface area contributed by atoms with Crippen LogP contribution in [0.5, 0.6) is 0 Å².